The van der Waals surface area contributed by atoms with E-state index in [9.17, 15) is 4.79 Å². The molecule has 0 spiro atoms. The third-order valence-corrected chi connectivity index (χ3v) is 4.30. The van der Waals surface area contributed by atoms with Crippen LogP contribution in [0.2, 0.25) is 0 Å². The minimum Gasteiger partial charge on any atom is -0.341 e. The fourth-order valence-electron chi connectivity index (χ4n) is 2.75. The molecule has 1 aromatic carbocycles. The van der Waals surface area contributed by atoms with Gasteiger partial charge < -0.3 is 10.6 Å². The summed E-state index contributed by atoms with van der Waals surface area (Å²) in [6, 6.07) is 6.26. The maximum Gasteiger partial charge on any atom is 0.222 e. The molecule has 1 aliphatic heterocycles. The van der Waals surface area contributed by atoms with Crippen molar-refractivity contribution >= 4 is 5.91 Å². The lowest BCUT2D eigenvalue weighted by molar-refractivity contribution is -0.132. The highest BCUT2D eigenvalue weighted by Gasteiger charge is 2.19. The zero-order valence-corrected chi connectivity index (χ0v) is 12.7. The van der Waals surface area contributed by atoms with Gasteiger partial charge in [0.25, 0.3) is 0 Å². The predicted molar refractivity (Wildman–Crippen MR) is 82.5 cm³/mol. The minimum absolute atomic E-state index is 0.0855. The van der Waals surface area contributed by atoms with E-state index in [0.717, 1.165) is 24.9 Å². The first-order valence-corrected chi connectivity index (χ1v) is 7.68. The van der Waals surface area contributed by atoms with Crippen LogP contribution in [-0.2, 0) is 4.79 Å². The topological polar surface area (TPSA) is 46.3 Å². The van der Waals surface area contributed by atoms with Gasteiger partial charge in [0.1, 0.15) is 0 Å². The summed E-state index contributed by atoms with van der Waals surface area (Å²) in [7, 11) is 0. The number of carbonyl (C=O) groups excluding carboxylic acids is 1. The summed E-state index contributed by atoms with van der Waals surface area (Å²) in [5.74, 6) is 0.268. The van der Waals surface area contributed by atoms with E-state index in [1.807, 2.05) is 4.90 Å². The molecule has 110 valence electrons. The molecule has 0 aromatic heterocycles. The van der Waals surface area contributed by atoms with Crippen molar-refractivity contribution in [2.75, 3.05) is 13.1 Å². The average Bonchev–Trinajstić information content (AvgIpc) is 2.41. The molecule has 2 N–H and O–H groups in total. The molecule has 3 heteroatoms. The van der Waals surface area contributed by atoms with E-state index in [-0.39, 0.29) is 11.9 Å². The fourth-order valence-corrected chi connectivity index (χ4v) is 2.75. The van der Waals surface area contributed by atoms with Gasteiger partial charge in [0, 0.05) is 25.6 Å². The highest BCUT2D eigenvalue weighted by molar-refractivity contribution is 5.76. The zero-order valence-electron chi connectivity index (χ0n) is 12.7. The van der Waals surface area contributed by atoms with Gasteiger partial charge in [-0.2, -0.15) is 0 Å². The van der Waals surface area contributed by atoms with Gasteiger partial charge in [0.05, 0.1) is 0 Å². The number of amides is 1. The molecule has 20 heavy (non-hydrogen) atoms. The van der Waals surface area contributed by atoms with Crippen LogP contribution in [0.1, 0.15) is 54.8 Å². The van der Waals surface area contributed by atoms with E-state index in [0.29, 0.717) is 13.0 Å². The molecular weight excluding hydrogens is 248 g/mol. The summed E-state index contributed by atoms with van der Waals surface area (Å²) >= 11 is 0. The summed E-state index contributed by atoms with van der Waals surface area (Å²) in [6.07, 6.45) is 5.21. The summed E-state index contributed by atoms with van der Waals surface area (Å²) in [5, 5.41) is 0. The number of hydrogen-bond acceptors (Lipinski definition) is 2. The third kappa shape index (κ3) is 3.83. The van der Waals surface area contributed by atoms with Crippen molar-refractivity contribution in [2.24, 2.45) is 5.73 Å². The lowest BCUT2D eigenvalue weighted by Crippen LogP contribution is -2.38. The normalized spacial score (nSPS) is 18.6. The van der Waals surface area contributed by atoms with E-state index in [2.05, 4.69) is 32.0 Å². The first kappa shape index (κ1) is 15.0. The number of benzene rings is 1. The van der Waals surface area contributed by atoms with Crippen LogP contribution in [0.25, 0.3) is 0 Å². The molecule has 2 rings (SSSR count). The Labute approximate surface area is 122 Å². The summed E-state index contributed by atoms with van der Waals surface area (Å²) in [6.45, 7) is 5.71. The van der Waals surface area contributed by atoms with E-state index < -0.39 is 0 Å². The molecule has 0 aliphatic carbocycles. The second-order valence-electron chi connectivity index (χ2n) is 5.95. The SMILES string of the molecule is Cc1ccc(C(N)CN2CCCCCCC2=O)cc1C. The van der Waals surface area contributed by atoms with Crippen LogP contribution in [0.5, 0.6) is 0 Å². The maximum absolute atomic E-state index is 12.1. The first-order chi connectivity index (χ1) is 9.58. The largest absolute Gasteiger partial charge is 0.341 e. The molecule has 1 aromatic rings. The van der Waals surface area contributed by atoms with Crippen LogP contribution in [0.4, 0.5) is 0 Å². The van der Waals surface area contributed by atoms with Gasteiger partial charge in [0.15, 0.2) is 0 Å². The molecule has 3 nitrogen and oxygen atoms in total. The molecule has 0 saturated carbocycles. The van der Waals surface area contributed by atoms with Crippen molar-refractivity contribution < 1.29 is 4.79 Å². The second kappa shape index (κ2) is 6.89. The van der Waals surface area contributed by atoms with Gasteiger partial charge in [-0.25, -0.2) is 0 Å². The van der Waals surface area contributed by atoms with Crippen LogP contribution < -0.4 is 5.73 Å². The number of likely N-dealkylation sites (tertiary alicyclic amines) is 1. The van der Waals surface area contributed by atoms with Crippen LogP contribution in [0, 0.1) is 13.8 Å². The van der Waals surface area contributed by atoms with Gasteiger partial charge in [-0.05, 0) is 43.4 Å². The lowest BCUT2D eigenvalue weighted by Gasteiger charge is -2.28. The van der Waals surface area contributed by atoms with Crippen molar-refractivity contribution in [3.05, 3.63) is 34.9 Å². The number of nitrogens with two attached hydrogens (primary N) is 1. The highest BCUT2D eigenvalue weighted by atomic mass is 16.2. The third-order valence-electron chi connectivity index (χ3n) is 4.30. The monoisotopic (exact) mass is 274 g/mol. The first-order valence-electron chi connectivity index (χ1n) is 7.68. The highest BCUT2D eigenvalue weighted by Crippen LogP contribution is 2.18. The number of nitrogens with zero attached hydrogens (tertiary/aromatic N) is 1. The summed E-state index contributed by atoms with van der Waals surface area (Å²) in [4.78, 5) is 14.1. The van der Waals surface area contributed by atoms with E-state index in [1.165, 1.54) is 24.0 Å². The fraction of sp³-hybridized carbons (Fsp3) is 0.588. The Balaban J connectivity index is 2.02. The van der Waals surface area contributed by atoms with Crippen LogP contribution >= 0.6 is 0 Å². The number of rotatable bonds is 3. The summed E-state index contributed by atoms with van der Waals surface area (Å²) in [5.41, 5.74) is 9.97. The quantitative estimate of drug-likeness (QED) is 0.920. The molecule has 1 atom stereocenters. The smallest absolute Gasteiger partial charge is 0.222 e. The van der Waals surface area contributed by atoms with Crippen LogP contribution in [0.3, 0.4) is 0 Å². The second-order valence-corrected chi connectivity index (χ2v) is 5.95. The van der Waals surface area contributed by atoms with Crippen LogP contribution in [0.15, 0.2) is 18.2 Å². The van der Waals surface area contributed by atoms with E-state index in [4.69, 9.17) is 5.73 Å². The standard InChI is InChI=1S/C17H26N2O/c1-13-8-9-15(11-14(13)2)16(18)12-19-10-6-4-3-5-7-17(19)20/h8-9,11,16H,3-7,10,12,18H2,1-2H3. The predicted octanol–water partition coefficient (Wildman–Crippen LogP) is 3.10. The Bertz CT molecular complexity index is 470. The van der Waals surface area contributed by atoms with E-state index in [1.54, 1.807) is 0 Å². The summed E-state index contributed by atoms with van der Waals surface area (Å²) < 4.78 is 0. The molecule has 0 radical (unpaired) electrons. The van der Waals surface area contributed by atoms with Gasteiger partial charge in [-0.1, -0.05) is 31.0 Å². The van der Waals surface area contributed by atoms with Gasteiger partial charge in [0.2, 0.25) is 5.91 Å². The lowest BCUT2D eigenvalue weighted by atomic mass is 10.0. The molecule has 1 amide bonds. The molecule has 0 bridgehead atoms. The van der Waals surface area contributed by atoms with Gasteiger partial charge in [-0.15, -0.1) is 0 Å². The Morgan fingerprint density at radius 1 is 1.15 bits per heavy atom. The molecule has 1 heterocycles. The minimum atomic E-state index is -0.0855. The Hall–Kier alpha value is -1.35. The van der Waals surface area contributed by atoms with Crippen molar-refractivity contribution in [3.63, 3.8) is 0 Å². The van der Waals surface area contributed by atoms with Gasteiger partial charge in [-0.3, -0.25) is 4.79 Å². The molecule has 1 unspecified atom stereocenters. The number of carbonyl (C=O) groups is 1. The molecule has 1 aliphatic rings. The Morgan fingerprint density at radius 2 is 1.90 bits per heavy atom. The molecule has 1 fully saturated rings. The van der Waals surface area contributed by atoms with Crippen LogP contribution in [-0.4, -0.2) is 23.9 Å². The number of aryl methyl sites for hydroxylation is 2. The van der Waals surface area contributed by atoms with E-state index >= 15 is 0 Å². The Kier molecular flexibility index (Phi) is 5.18. The van der Waals surface area contributed by atoms with Crippen molar-refractivity contribution in [2.45, 2.75) is 52.0 Å². The van der Waals surface area contributed by atoms with Crippen molar-refractivity contribution in [3.8, 4) is 0 Å². The van der Waals surface area contributed by atoms with Crippen molar-refractivity contribution in [1.29, 1.82) is 0 Å². The maximum atomic E-state index is 12.1. The Morgan fingerprint density at radius 3 is 2.65 bits per heavy atom. The average molecular weight is 274 g/mol. The molecular formula is C17H26N2O. The van der Waals surface area contributed by atoms with Crippen molar-refractivity contribution in [1.82, 2.24) is 4.90 Å². The molecule has 1 saturated heterocycles. The zero-order chi connectivity index (χ0) is 14.5. The van der Waals surface area contributed by atoms with Gasteiger partial charge >= 0.3 is 0 Å². The number of hydrogen-bond donors (Lipinski definition) is 1.